The molecule has 1 aromatic carbocycles. The number of ketones is 1. The lowest BCUT2D eigenvalue weighted by molar-refractivity contribution is 0.101. The van der Waals surface area contributed by atoms with Gasteiger partial charge in [0.25, 0.3) is 0 Å². The van der Waals surface area contributed by atoms with Crippen molar-refractivity contribution in [1.82, 2.24) is 0 Å². The lowest BCUT2D eigenvalue weighted by Crippen LogP contribution is -1.95. The Balaban J connectivity index is 3.19. The molecule has 13 heavy (non-hydrogen) atoms. The first kappa shape index (κ1) is 9.71. The molecule has 0 fully saturated rings. The summed E-state index contributed by atoms with van der Waals surface area (Å²) in [5.74, 6) is -0.248. The SMILES string of the molecule is CC(=O)c1ccc(O)c(C(C)F)c1. The van der Waals surface area contributed by atoms with Crippen molar-refractivity contribution in [2.24, 2.45) is 0 Å². The summed E-state index contributed by atoms with van der Waals surface area (Å²) in [6, 6.07) is 4.19. The molecule has 1 aromatic rings. The van der Waals surface area contributed by atoms with Crippen molar-refractivity contribution in [3.05, 3.63) is 29.3 Å². The molecule has 0 heterocycles. The maximum absolute atomic E-state index is 12.9. The van der Waals surface area contributed by atoms with Crippen molar-refractivity contribution in [2.75, 3.05) is 0 Å². The van der Waals surface area contributed by atoms with Crippen molar-refractivity contribution in [3.8, 4) is 5.75 Å². The Hall–Kier alpha value is -1.38. The number of carbonyl (C=O) groups excluding carboxylic acids is 1. The van der Waals surface area contributed by atoms with Crippen LogP contribution in [0.4, 0.5) is 4.39 Å². The smallest absolute Gasteiger partial charge is 0.159 e. The van der Waals surface area contributed by atoms with E-state index < -0.39 is 6.17 Å². The van der Waals surface area contributed by atoms with Gasteiger partial charge in [-0.15, -0.1) is 0 Å². The summed E-state index contributed by atoms with van der Waals surface area (Å²) >= 11 is 0. The van der Waals surface area contributed by atoms with Gasteiger partial charge in [0, 0.05) is 11.1 Å². The Kier molecular flexibility index (Phi) is 2.66. The number of phenolic OH excluding ortho intramolecular Hbond substituents is 1. The molecule has 0 saturated carbocycles. The van der Waals surface area contributed by atoms with E-state index in [1.54, 1.807) is 0 Å². The summed E-state index contributed by atoms with van der Waals surface area (Å²) in [7, 11) is 0. The van der Waals surface area contributed by atoms with Crippen LogP contribution in [0.15, 0.2) is 18.2 Å². The number of benzene rings is 1. The first-order chi connectivity index (χ1) is 6.02. The molecule has 1 N–H and O–H groups in total. The molecule has 0 aliphatic heterocycles. The molecule has 1 unspecified atom stereocenters. The van der Waals surface area contributed by atoms with Crippen molar-refractivity contribution in [1.29, 1.82) is 0 Å². The topological polar surface area (TPSA) is 37.3 Å². The third kappa shape index (κ3) is 2.05. The highest BCUT2D eigenvalue weighted by atomic mass is 19.1. The summed E-state index contributed by atoms with van der Waals surface area (Å²) in [5, 5.41) is 9.24. The standard InChI is InChI=1S/C10H11FO2/c1-6(11)9-5-8(7(2)12)3-4-10(9)13/h3-6,13H,1-2H3. The second-order valence-corrected chi connectivity index (χ2v) is 2.95. The number of halogens is 1. The Labute approximate surface area is 76.0 Å². The van der Waals surface area contributed by atoms with Gasteiger partial charge in [0.1, 0.15) is 11.9 Å². The summed E-state index contributed by atoms with van der Waals surface area (Å²) in [6.07, 6.45) is -1.26. The minimum Gasteiger partial charge on any atom is -0.508 e. The molecule has 1 atom stereocenters. The maximum Gasteiger partial charge on any atom is 0.159 e. The normalized spacial score (nSPS) is 12.5. The summed E-state index contributed by atoms with van der Waals surface area (Å²) in [4.78, 5) is 10.9. The predicted octanol–water partition coefficient (Wildman–Crippen LogP) is 2.63. The maximum atomic E-state index is 12.9. The van der Waals surface area contributed by atoms with E-state index in [0.29, 0.717) is 5.56 Å². The van der Waals surface area contributed by atoms with E-state index in [9.17, 15) is 14.3 Å². The fourth-order valence-corrected chi connectivity index (χ4v) is 1.09. The van der Waals surface area contributed by atoms with Crippen molar-refractivity contribution >= 4 is 5.78 Å². The summed E-state index contributed by atoms with van der Waals surface area (Å²) in [6.45, 7) is 2.72. The van der Waals surface area contributed by atoms with Gasteiger partial charge in [-0.2, -0.15) is 0 Å². The lowest BCUT2D eigenvalue weighted by atomic mass is 10.0. The minimum atomic E-state index is -1.26. The predicted molar refractivity (Wildman–Crippen MR) is 47.6 cm³/mol. The van der Waals surface area contributed by atoms with Crippen LogP contribution in [0.1, 0.15) is 35.9 Å². The molecule has 0 bridgehead atoms. The van der Waals surface area contributed by atoms with Crippen molar-refractivity contribution in [3.63, 3.8) is 0 Å². The van der Waals surface area contributed by atoms with Gasteiger partial charge < -0.3 is 5.11 Å². The molecule has 0 saturated heterocycles. The van der Waals surface area contributed by atoms with Crippen LogP contribution in [0.3, 0.4) is 0 Å². The third-order valence-corrected chi connectivity index (χ3v) is 1.86. The molecule has 0 spiro atoms. The second kappa shape index (κ2) is 3.56. The van der Waals surface area contributed by atoms with Crippen LogP contribution in [0, 0.1) is 0 Å². The van der Waals surface area contributed by atoms with Crippen molar-refractivity contribution in [2.45, 2.75) is 20.0 Å². The van der Waals surface area contributed by atoms with Gasteiger partial charge in [0.05, 0.1) is 0 Å². The number of aromatic hydroxyl groups is 1. The molecular formula is C10H11FO2. The number of alkyl halides is 1. The van der Waals surface area contributed by atoms with Gasteiger partial charge in [-0.25, -0.2) is 4.39 Å². The molecule has 0 aliphatic carbocycles. The number of rotatable bonds is 2. The van der Waals surface area contributed by atoms with Gasteiger partial charge in [-0.05, 0) is 32.0 Å². The second-order valence-electron chi connectivity index (χ2n) is 2.95. The Bertz CT molecular complexity index is 332. The van der Waals surface area contributed by atoms with Gasteiger partial charge in [-0.3, -0.25) is 4.79 Å². The van der Waals surface area contributed by atoms with Crippen LogP contribution in [0.25, 0.3) is 0 Å². The average Bonchev–Trinajstić information content (AvgIpc) is 2.04. The van der Waals surface area contributed by atoms with Crippen LogP contribution in [0.5, 0.6) is 5.75 Å². The molecular weight excluding hydrogens is 171 g/mol. The van der Waals surface area contributed by atoms with Crippen LogP contribution in [-0.4, -0.2) is 10.9 Å². The first-order valence-electron chi connectivity index (χ1n) is 4.00. The minimum absolute atomic E-state index is 0.111. The van der Waals surface area contributed by atoms with E-state index in [-0.39, 0.29) is 17.1 Å². The molecule has 0 amide bonds. The largest absolute Gasteiger partial charge is 0.508 e. The molecule has 2 nitrogen and oxygen atoms in total. The van der Waals surface area contributed by atoms with Crippen LogP contribution < -0.4 is 0 Å². The molecule has 0 aliphatic rings. The monoisotopic (exact) mass is 182 g/mol. The summed E-state index contributed by atoms with van der Waals surface area (Å²) in [5.41, 5.74) is 0.574. The number of hydrogen-bond acceptors (Lipinski definition) is 2. The van der Waals surface area contributed by atoms with E-state index in [2.05, 4.69) is 0 Å². The number of phenols is 1. The van der Waals surface area contributed by atoms with Crippen LogP contribution in [0.2, 0.25) is 0 Å². The molecule has 0 radical (unpaired) electrons. The lowest BCUT2D eigenvalue weighted by Gasteiger charge is -2.06. The third-order valence-electron chi connectivity index (χ3n) is 1.86. The van der Waals surface area contributed by atoms with Gasteiger partial charge in [-0.1, -0.05) is 0 Å². The van der Waals surface area contributed by atoms with E-state index in [1.807, 2.05) is 0 Å². The fourth-order valence-electron chi connectivity index (χ4n) is 1.09. The highest BCUT2D eigenvalue weighted by molar-refractivity contribution is 5.94. The highest BCUT2D eigenvalue weighted by Gasteiger charge is 2.10. The van der Waals surface area contributed by atoms with Crippen LogP contribution >= 0.6 is 0 Å². The fraction of sp³-hybridized carbons (Fsp3) is 0.300. The Morgan fingerprint density at radius 3 is 2.62 bits per heavy atom. The Morgan fingerprint density at radius 1 is 1.54 bits per heavy atom. The molecule has 0 aromatic heterocycles. The number of Topliss-reactive ketones (excluding diaryl/α,β-unsaturated/α-hetero) is 1. The zero-order valence-electron chi connectivity index (χ0n) is 7.54. The van der Waals surface area contributed by atoms with E-state index in [1.165, 1.54) is 32.0 Å². The summed E-state index contributed by atoms with van der Waals surface area (Å²) < 4.78 is 12.9. The number of hydrogen-bond donors (Lipinski definition) is 1. The molecule has 3 heteroatoms. The van der Waals surface area contributed by atoms with Crippen molar-refractivity contribution < 1.29 is 14.3 Å². The van der Waals surface area contributed by atoms with E-state index in [0.717, 1.165) is 0 Å². The van der Waals surface area contributed by atoms with Gasteiger partial charge in [0.15, 0.2) is 5.78 Å². The molecule has 1 rings (SSSR count). The quantitative estimate of drug-likeness (QED) is 0.714. The van der Waals surface area contributed by atoms with E-state index in [4.69, 9.17) is 0 Å². The zero-order chi connectivity index (χ0) is 10.0. The van der Waals surface area contributed by atoms with E-state index >= 15 is 0 Å². The van der Waals surface area contributed by atoms with Crippen LogP contribution in [-0.2, 0) is 0 Å². The number of carbonyl (C=O) groups is 1. The zero-order valence-corrected chi connectivity index (χ0v) is 7.54. The first-order valence-corrected chi connectivity index (χ1v) is 4.00. The highest BCUT2D eigenvalue weighted by Crippen LogP contribution is 2.27. The van der Waals surface area contributed by atoms with Gasteiger partial charge >= 0.3 is 0 Å². The Morgan fingerprint density at radius 2 is 2.15 bits per heavy atom. The average molecular weight is 182 g/mol. The molecule has 70 valence electrons. The van der Waals surface area contributed by atoms with Gasteiger partial charge in [0.2, 0.25) is 0 Å².